The molecule has 0 aliphatic carbocycles. The summed E-state index contributed by atoms with van der Waals surface area (Å²) < 4.78 is 4.57. The number of para-hydroxylation sites is 2. The van der Waals surface area contributed by atoms with Gasteiger partial charge in [0.25, 0.3) is 0 Å². The zero-order chi connectivity index (χ0) is 33.5. The van der Waals surface area contributed by atoms with Crippen molar-refractivity contribution in [2.45, 2.75) is 19.6 Å². The summed E-state index contributed by atoms with van der Waals surface area (Å²) in [4.78, 5) is 5.42. The van der Waals surface area contributed by atoms with E-state index < -0.39 is 0 Å². The van der Waals surface area contributed by atoms with E-state index in [1.807, 2.05) is 23.5 Å². The van der Waals surface area contributed by atoms with Crippen LogP contribution in [0.2, 0.25) is 0 Å². The van der Waals surface area contributed by atoms with E-state index in [4.69, 9.17) is 0 Å². The molecule has 51 heavy (non-hydrogen) atoms. The van der Waals surface area contributed by atoms with Crippen molar-refractivity contribution in [3.8, 4) is 33.6 Å². The first-order valence-corrected chi connectivity index (χ1v) is 19.0. The molecule has 0 saturated heterocycles. The largest absolute Gasteiger partial charge is 0.317 e. The second-order valence-electron chi connectivity index (χ2n) is 13.3. The molecule has 0 fully saturated rings. The molecule has 5 heteroatoms. The van der Waals surface area contributed by atoms with Gasteiger partial charge in [-0.15, -0.1) is 0 Å². The summed E-state index contributed by atoms with van der Waals surface area (Å²) in [7, 11) is 0. The molecule has 4 heterocycles. The minimum absolute atomic E-state index is 0.180. The van der Waals surface area contributed by atoms with E-state index in [-0.39, 0.29) is 6.71 Å². The Labute approximate surface area is 305 Å². The van der Waals surface area contributed by atoms with Crippen LogP contribution in [-0.2, 0) is 0 Å². The Morgan fingerprint density at radius 3 is 1.33 bits per heavy atom. The topological polar surface area (TPSA) is 9.86 Å². The van der Waals surface area contributed by atoms with Gasteiger partial charge in [-0.05, 0) is 105 Å². The molecule has 0 atom stereocenters. The van der Waals surface area contributed by atoms with Crippen LogP contribution < -0.4 is 16.4 Å². The third kappa shape index (κ3) is 4.55. The summed E-state index contributed by atoms with van der Waals surface area (Å²) in [6.45, 7) is 0.180. The highest BCUT2D eigenvalue weighted by Gasteiger charge is 2.40. The van der Waals surface area contributed by atoms with Gasteiger partial charge in [-0.25, -0.2) is 0 Å². The second-order valence-corrected chi connectivity index (χ2v) is 15.4. The molecule has 2 aromatic heterocycles. The van der Waals surface area contributed by atoms with Crippen molar-refractivity contribution in [3.05, 3.63) is 176 Å². The molecule has 0 bridgehead atoms. The lowest BCUT2D eigenvalue weighted by Gasteiger charge is -2.35. The monoisotopic (exact) mass is 684 g/mol. The SMILES string of the molecule is c1ccc2c(c1)Sc1c(-c3ccc(-n4ccc5ccccc54)cc3)cc(-c3ccc(-n4ccc5ccccc54)cc3)c3c1B2c1ccccc1S3. The zero-order valence-electron chi connectivity index (χ0n) is 27.5. The molecule has 2 nitrogen and oxygen atoms in total. The Kier molecular flexibility index (Phi) is 6.55. The van der Waals surface area contributed by atoms with Crippen molar-refractivity contribution in [3.63, 3.8) is 0 Å². The predicted octanol–water partition coefficient (Wildman–Crippen LogP) is 10.4. The lowest BCUT2D eigenvalue weighted by Crippen LogP contribution is -2.58. The lowest BCUT2D eigenvalue weighted by molar-refractivity contribution is 1.13. The van der Waals surface area contributed by atoms with Gasteiger partial charge in [-0.2, -0.15) is 0 Å². The van der Waals surface area contributed by atoms with Crippen LogP contribution in [0.25, 0.3) is 55.4 Å². The van der Waals surface area contributed by atoms with Crippen molar-refractivity contribution in [1.29, 1.82) is 0 Å². The highest BCUT2D eigenvalue weighted by Crippen LogP contribution is 2.47. The van der Waals surface area contributed by atoms with Crippen LogP contribution in [0.1, 0.15) is 0 Å². The Hall–Kier alpha value is -5.62. The molecule has 7 aromatic carbocycles. The summed E-state index contributed by atoms with van der Waals surface area (Å²) in [5, 5.41) is 2.50. The molecule has 238 valence electrons. The minimum atomic E-state index is 0.180. The average molecular weight is 685 g/mol. The van der Waals surface area contributed by atoms with Gasteiger partial charge >= 0.3 is 0 Å². The van der Waals surface area contributed by atoms with Crippen LogP contribution in [0.3, 0.4) is 0 Å². The lowest BCUT2D eigenvalue weighted by atomic mass is 9.36. The van der Waals surface area contributed by atoms with E-state index in [9.17, 15) is 0 Å². The second kappa shape index (κ2) is 11.5. The molecule has 2 aliphatic rings. The summed E-state index contributed by atoms with van der Waals surface area (Å²) >= 11 is 3.87. The van der Waals surface area contributed by atoms with Gasteiger partial charge in [-0.3, -0.25) is 0 Å². The third-order valence-electron chi connectivity index (χ3n) is 10.6. The van der Waals surface area contributed by atoms with Crippen molar-refractivity contribution in [1.82, 2.24) is 9.13 Å². The van der Waals surface area contributed by atoms with Crippen LogP contribution in [0.4, 0.5) is 0 Å². The molecule has 11 rings (SSSR count). The molecular weight excluding hydrogens is 655 g/mol. The number of benzene rings is 7. The van der Waals surface area contributed by atoms with Gasteiger partial charge in [-0.1, -0.05) is 132 Å². The van der Waals surface area contributed by atoms with E-state index in [2.05, 4.69) is 185 Å². The Balaban J connectivity index is 1.11. The Bertz CT molecular complexity index is 2620. The predicted molar refractivity (Wildman–Crippen MR) is 217 cm³/mol. The zero-order valence-corrected chi connectivity index (χ0v) is 29.2. The van der Waals surface area contributed by atoms with Crippen molar-refractivity contribution < 1.29 is 0 Å². The summed E-state index contributed by atoms with van der Waals surface area (Å²) in [6.07, 6.45) is 4.35. The molecule has 0 saturated carbocycles. The first-order valence-electron chi connectivity index (χ1n) is 17.4. The van der Waals surface area contributed by atoms with Gasteiger partial charge < -0.3 is 9.13 Å². The quantitative estimate of drug-likeness (QED) is 0.171. The van der Waals surface area contributed by atoms with Gasteiger partial charge in [0.05, 0.1) is 11.0 Å². The number of hydrogen-bond donors (Lipinski definition) is 0. The molecule has 9 aromatic rings. The van der Waals surface area contributed by atoms with Gasteiger partial charge in [0.15, 0.2) is 0 Å². The van der Waals surface area contributed by atoms with Crippen LogP contribution in [-0.4, -0.2) is 15.8 Å². The van der Waals surface area contributed by atoms with Gasteiger partial charge in [0.2, 0.25) is 6.71 Å². The maximum absolute atomic E-state index is 2.47. The Morgan fingerprint density at radius 2 is 0.843 bits per heavy atom. The molecule has 0 spiro atoms. The molecule has 0 unspecified atom stereocenters. The van der Waals surface area contributed by atoms with Crippen LogP contribution >= 0.6 is 23.5 Å². The van der Waals surface area contributed by atoms with Crippen LogP contribution in [0.5, 0.6) is 0 Å². The molecular formula is C46H29BN2S2. The molecule has 0 radical (unpaired) electrons. The van der Waals surface area contributed by atoms with Crippen molar-refractivity contribution in [2.24, 2.45) is 0 Å². The average Bonchev–Trinajstić information content (AvgIpc) is 3.83. The van der Waals surface area contributed by atoms with Crippen LogP contribution in [0.15, 0.2) is 196 Å². The summed E-state index contributed by atoms with van der Waals surface area (Å²) in [5.41, 5.74) is 14.1. The molecule has 0 N–H and O–H groups in total. The number of nitrogens with zero attached hydrogens (tertiary/aromatic N) is 2. The van der Waals surface area contributed by atoms with E-state index in [1.165, 1.54) is 91.4 Å². The fourth-order valence-corrected chi connectivity index (χ4v) is 10.8. The standard InChI is InChI=1S/C46H29BN2S2/c1-5-13-40-32(9-1)25-27-48(40)34-21-17-30(18-22-34)36-29-37(31-19-23-35(24-20-31)49-28-26-33-10-2-6-14-41(33)49)46-44-45(36)50-42-15-7-3-11-38(42)47(44)39-12-4-8-16-43(39)51-46/h1-29H. The van der Waals surface area contributed by atoms with E-state index in [1.54, 1.807) is 0 Å². The number of hydrogen-bond acceptors (Lipinski definition) is 2. The number of rotatable bonds is 4. The Morgan fingerprint density at radius 1 is 0.412 bits per heavy atom. The summed E-state index contributed by atoms with van der Waals surface area (Å²) in [6, 6.07) is 60.4. The fourth-order valence-electron chi connectivity index (χ4n) is 8.12. The first kappa shape index (κ1) is 29.1. The number of fused-ring (bicyclic) bond motifs is 6. The van der Waals surface area contributed by atoms with Crippen molar-refractivity contribution >= 4 is 68.4 Å². The van der Waals surface area contributed by atoms with E-state index in [0.29, 0.717) is 0 Å². The normalized spacial score (nSPS) is 12.9. The maximum atomic E-state index is 2.47. The maximum Gasteiger partial charge on any atom is 0.247 e. The minimum Gasteiger partial charge on any atom is -0.317 e. The van der Waals surface area contributed by atoms with Crippen molar-refractivity contribution in [2.75, 3.05) is 0 Å². The van der Waals surface area contributed by atoms with E-state index >= 15 is 0 Å². The highest BCUT2D eigenvalue weighted by atomic mass is 32.2. The smallest absolute Gasteiger partial charge is 0.247 e. The first-order chi connectivity index (χ1) is 25.3. The fraction of sp³-hybridized carbons (Fsp3) is 0. The van der Waals surface area contributed by atoms with E-state index in [0.717, 1.165) is 0 Å². The molecule has 2 aliphatic heterocycles. The highest BCUT2D eigenvalue weighted by molar-refractivity contribution is 8.01. The van der Waals surface area contributed by atoms with Gasteiger partial charge in [0, 0.05) is 43.4 Å². The van der Waals surface area contributed by atoms with Gasteiger partial charge in [0.1, 0.15) is 0 Å². The molecule has 0 amide bonds. The van der Waals surface area contributed by atoms with Crippen LogP contribution in [0, 0.1) is 0 Å². The summed E-state index contributed by atoms with van der Waals surface area (Å²) in [5.74, 6) is 0. The number of aromatic nitrogens is 2. The third-order valence-corrected chi connectivity index (χ3v) is 13.0.